The summed E-state index contributed by atoms with van der Waals surface area (Å²) in [6.07, 6.45) is 0.673. The van der Waals surface area contributed by atoms with Crippen LogP contribution in [0.5, 0.6) is 11.5 Å². The maximum Gasteiger partial charge on any atom is 0.278 e. The summed E-state index contributed by atoms with van der Waals surface area (Å²) in [5.74, 6) is 0.540. The van der Waals surface area contributed by atoms with E-state index in [9.17, 15) is 9.59 Å². The predicted octanol–water partition coefficient (Wildman–Crippen LogP) is 4.49. The number of carbonyl (C=O) groups excluding carboxylic acids is 2. The van der Waals surface area contributed by atoms with E-state index >= 15 is 0 Å². The SMILES string of the molecule is CCOc1ccc(NC2=C(c3ccccc3)C(=O)N(CCCOC(C)C)C2=O)cc1OCC. The third kappa shape index (κ3) is 5.93. The molecule has 0 atom stereocenters. The second kappa shape index (κ2) is 11.5. The van der Waals surface area contributed by atoms with Crippen LogP contribution in [0.4, 0.5) is 5.69 Å². The van der Waals surface area contributed by atoms with Crippen LogP contribution in [-0.2, 0) is 14.3 Å². The number of hydrogen-bond donors (Lipinski definition) is 1. The summed E-state index contributed by atoms with van der Waals surface area (Å²) in [6, 6.07) is 14.6. The van der Waals surface area contributed by atoms with Gasteiger partial charge in [-0.3, -0.25) is 14.5 Å². The van der Waals surface area contributed by atoms with Gasteiger partial charge in [-0.15, -0.1) is 0 Å². The Morgan fingerprint density at radius 3 is 2.27 bits per heavy atom. The second-order valence-electron chi connectivity index (χ2n) is 7.80. The van der Waals surface area contributed by atoms with Crippen molar-refractivity contribution in [1.82, 2.24) is 4.90 Å². The zero-order chi connectivity index (χ0) is 23.8. The van der Waals surface area contributed by atoms with Crippen LogP contribution in [0.15, 0.2) is 54.2 Å². The van der Waals surface area contributed by atoms with Gasteiger partial charge in [0.25, 0.3) is 11.8 Å². The Morgan fingerprint density at radius 1 is 0.909 bits per heavy atom. The normalized spacial score (nSPS) is 13.8. The van der Waals surface area contributed by atoms with Crippen molar-refractivity contribution in [2.45, 2.75) is 40.2 Å². The molecule has 33 heavy (non-hydrogen) atoms. The minimum atomic E-state index is -0.352. The maximum atomic E-state index is 13.3. The highest BCUT2D eigenvalue weighted by molar-refractivity contribution is 6.36. The van der Waals surface area contributed by atoms with E-state index in [1.165, 1.54) is 4.90 Å². The van der Waals surface area contributed by atoms with E-state index in [2.05, 4.69) is 5.32 Å². The summed E-state index contributed by atoms with van der Waals surface area (Å²) in [5.41, 5.74) is 1.94. The fourth-order valence-corrected chi connectivity index (χ4v) is 3.58. The lowest BCUT2D eigenvalue weighted by Gasteiger charge is -2.16. The number of ether oxygens (including phenoxy) is 3. The van der Waals surface area contributed by atoms with Crippen LogP contribution in [0.3, 0.4) is 0 Å². The summed E-state index contributed by atoms with van der Waals surface area (Å²) in [4.78, 5) is 27.9. The van der Waals surface area contributed by atoms with E-state index in [1.807, 2.05) is 58.0 Å². The molecule has 3 rings (SSSR count). The van der Waals surface area contributed by atoms with Crippen LogP contribution in [-0.4, -0.2) is 49.2 Å². The minimum Gasteiger partial charge on any atom is -0.490 e. The van der Waals surface area contributed by atoms with E-state index in [0.29, 0.717) is 61.1 Å². The van der Waals surface area contributed by atoms with Gasteiger partial charge in [0.2, 0.25) is 0 Å². The number of carbonyl (C=O) groups is 2. The lowest BCUT2D eigenvalue weighted by molar-refractivity contribution is -0.137. The molecule has 1 aliphatic rings. The molecular formula is C26H32N2O5. The summed E-state index contributed by atoms with van der Waals surface area (Å²) in [7, 11) is 0. The van der Waals surface area contributed by atoms with Gasteiger partial charge in [-0.2, -0.15) is 0 Å². The van der Waals surface area contributed by atoms with Gasteiger partial charge in [-0.25, -0.2) is 0 Å². The topological polar surface area (TPSA) is 77.1 Å². The van der Waals surface area contributed by atoms with Crippen LogP contribution >= 0.6 is 0 Å². The lowest BCUT2D eigenvalue weighted by Crippen LogP contribution is -2.34. The highest BCUT2D eigenvalue weighted by atomic mass is 16.5. The number of rotatable bonds is 12. The summed E-state index contributed by atoms with van der Waals surface area (Å²) < 4.78 is 16.9. The highest BCUT2D eigenvalue weighted by Crippen LogP contribution is 2.34. The first kappa shape index (κ1) is 24.3. The van der Waals surface area contributed by atoms with Crippen molar-refractivity contribution >= 4 is 23.1 Å². The van der Waals surface area contributed by atoms with Crippen molar-refractivity contribution in [3.63, 3.8) is 0 Å². The number of imide groups is 1. The zero-order valence-corrected chi connectivity index (χ0v) is 19.7. The van der Waals surface area contributed by atoms with Gasteiger partial charge >= 0.3 is 0 Å². The molecule has 7 heteroatoms. The molecule has 2 aromatic carbocycles. The van der Waals surface area contributed by atoms with E-state index < -0.39 is 0 Å². The number of hydrogen-bond acceptors (Lipinski definition) is 6. The number of nitrogens with one attached hydrogen (secondary N) is 1. The fraction of sp³-hybridized carbons (Fsp3) is 0.385. The standard InChI is InChI=1S/C26H32N2O5/c1-5-31-21-14-13-20(17-22(21)32-6-2)27-24-23(19-11-8-7-9-12-19)25(29)28(26(24)30)15-10-16-33-18(3)4/h7-9,11-14,17-18,27H,5-6,10,15-16H2,1-4H3. The monoisotopic (exact) mass is 452 g/mol. The Kier molecular flexibility index (Phi) is 8.49. The van der Waals surface area contributed by atoms with E-state index in [1.54, 1.807) is 18.2 Å². The third-order valence-corrected chi connectivity index (χ3v) is 5.02. The molecule has 0 radical (unpaired) electrons. The number of amides is 2. The van der Waals surface area contributed by atoms with Gasteiger partial charge in [0.15, 0.2) is 11.5 Å². The molecule has 2 amide bonds. The fourth-order valence-electron chi connectivity index (χ4n) is 3.58. The van der Waals surface area contributed by atoms with Gasteiger partial charge in [0, 0.05) is 24.9 Å². The quantitative estimate of drug-likeness (QED) is 0.378. The van der Waals surface area contributed by atoms with Crippen LogP contribution in [0.1, 0.15) is 39.7 Å². The first-order valence-electron chi connectivity index (χ1n) is 11.4. The van der Waals surface area contributed by atoms with Crippen molar-refractivity contribution in [1.29, 1.82) is 0 Å². The molecule has 0 aromatic heterocycles. The molecule has 7 nitrogen and oxygen atoms in total. The van der Waals surface area contributed by atoms with Crippen LogP contribution in [0.2, 0.25) is 0 Å². The third-order valence-electron chi connectivity index (χ3n) is 5.02. The second-order valence-corrected chi connectivity index (χ2v) is 7.80. The number of nitrogens with zero attached hydrogens (tertiary/aromatic N) is 1. The lowest BCUT2D eigenvalue weighted by atomic mass is 10.0. The Morgan fingerprint density at radius 2 is 1.61 bits per heavy atom. The molecule has 1 aliphatic heterocycles. The Bertz CT molecular complexity index is 1000. The molecule has 1 N–H and O–H groups in total. The minimum absolute atomic E-state index is 0.101. The van der Waals surface area contributed by atoms with E-state index in [0.717, 1.165) is 0 Å². The van der Waals surface area contributed by atoms with E-state index in [-0.39, 0.29) is 23.6 Å². The van der Waals surface area contributed by atoms with Gasteiger partial charge in [0.1, 0.15) is 5.70 Å². The highest BCUT2D eigenvalue weighted by Gasteiger charge is 2.38. The first-order chi connectivity index (χ1) is 16.0. The molecular weight excluding hydrogens is 420 g/mol. The molecule has 0 saturated carbocycles. The molecule has 1 heterocycles. The van der Waals surface area contributed by atoms with Gasteiger partial charge < -0.3 is 19.5 Å². The molecule has 2 aromatic rings. The Balaban J connectivity index is 1.90. The van der Waals surface area contributed by atoms with Crippen molar-refractivity contribution < 1.29 is 23.8 Å². The van der Waals surface area contributed by atoms with Gasteiger partial charge in [-0.05, 0) is 51.8 Å². The van der Waals surface area contributed by atoms with Crippen molar-refractivity contribution in [3.05, 3.63) is 59.8 Å². The average Bonchev–Trinajstić information content (AvgIpc) is 3.03. The average molecular weight is 453 g/mol. The molecule has 0 spiro atoms. The van der Waals surface area contributed by atoms with Crippen LogP contribution < -0.4 is 14.8 Å². The van der Waals surface area contributed by atoms with E-state index in [4.69, 9.17) is 14.2 Å². The first-order valence-corrected chi connectivity index (χ1v) is 11.4. The van der Waals surface area contributed by atoms with Crippen molar-refractivity contribution in [2.24, 2.45) is 0 Å². The van der Waals surface area contributed by atoms with Crippen molar-refractivity contribution in [3.8, 4) is 11.5 Å². The number of anilines is 1. The predicted molar refractivity (Wildman–Crippen MR) is 128 cm³/mol. The molecule has 0 aliphatic carbocycles. The van der Waals surface area contributed by atoms with Crippen LogP contribution in [0, 0.1) is 0 Å². The van der Waals surface area contributed by atoms with Gasteiger partial charge in [-0.1, -0.05) is 30.3 Å². The molecule has 0 fully saturated rings. The zero-order valence-electron chi connectivity index (χ0n) is 19.7. The van der Waals surface area contributed by atoms with Crippen molar-refractivity contribution in [2.75, 3.05) is 31.7 Å². The van der Waals surface area contributed by atoms with Crippen LogP contribution in [0.25, 0.3) is 5.57 Å². The summed E-state index contributed by atoms with van der Waals surface area (Å²) in [5, 5.41) is 3.18. The molecule has 0 saturated heterocycles. The Hall–Kier alpha value is -3.32. The molecule has 176 valence electrons. The maximum absolute atomic E-state index is 13.3. The number of benzene rings is 2. The van der Waals surface area contributed by atoms with Gasteiger partial charge in [0.05, 0.1) is 24.9 Å². The largest absolute Gasteiger partial charge is 0.490 e. The molecule has 0 unspecified atom stereocenters. The smallest absolute Gasteiger partial charge is 0.278 e. The summed E-state index contributed by atoms with van der Waals surface area (Å²) >= 11 is 0. The molecule has 0 bridgehead atoms. The summed E-state index contributed by atoms with van der Waals surface area (Å²) in [6.45, 7) is 9.47. The Labute approximate surface area is 195 Å².